The van der Waals surface area contributed by atoms with Gasteiger partial charge in [-0.3, -0.25) is 9.78 Å². The molecule has 1 aliphatic rings. The minimum Gasteiger partial charge on any atom is -0.382 e. The molecule has 1 aromatic heterocycles. The van der Waals surface area contributed by atoms with Crippen molar-refractivity contribution in [2.75, 3.05) is 23.8 Å². The highest BCUT2D eigenvalue weighted by molar-refractivity contribution is 6.03. The van der Waals surface area contributed by atoms with Crippen molar-refractivity contribution in [1.29, 1.82) is 0 Å². The van der Waals surface area contributed by atoms with E-state index >= 15 is 0 Å². The van der Waals surface area contributed by atoms with Crippen LogP contribution >= 0.6 is 0 Å². The maximum atomic E-state index is 12.8. The van der Waals surface area contributed by atoms with Crippen LogP contribution in [0.25, 0.3) is 0 Å². The molecule has 1 unspecified atom stereocenters. The van der Waals surface area contributed by atoms with Crippen molar-refractivity contribution in [3.05, 3.63) is 53.9 Å². The number of ether oxygens (including phenoxy) is 1. The number of nitrogens with zero attached hydrogens (tertiary/aromatic N) is 1. The lowest BCUT2D eigenvalue weighted by Gasteiger charge is -2.13. The van der Waals surface area contributed by atoms with Crippen LogP contribution in [-0.4, -0.2) is 30.1 Å². The SMILES string of the molecule is O=C(Nc1cccc(C(F)(F)F)c1)c1cc(NCC2CCCO2)ccn1. The highest BCUT2D eigenvalue weighted by Crippen LogP contribution is 2.30. The first-order chi connectivity index (χ1) is 12.4. The number of rotatable bonds is 5. The van der Waals surface area contributed by atoms with Gasteiger partial charge in [-0.2, -0.15) is 13.2 Å². The average Bonchev–Trinajstić information content (AvgIpc) is 3.13. The molecular weight excluding hydrogens is 347 g/mol. The average molecular weight is 365 g/mol. The molecule has 1 fully saturated rings. The number of hydrogen-bond donors (Lipinski definition) is 2. The van der Waals surface area contributed by atoms with Gasteiger partial charge in [0.1, 0.15) is 5.69 Å². The summed E-state index contributed by atoms with van der Waals surface area (Å²) in [6.45, 7) is 1.38. The maximum absolute atomic E-state index is 12.8. The molecule has 0 bridgehead atoms. The number of nitrogens with one attached hydrogen (secondary N) is 2. The summed E-state index contributed by atoms with van der Waals surface area (Å²) in [7, 11) is 0. The van der Waals surface area contributed by atoms with Gasteiger partial charge in [0.05, 0.1) is 11.7 Å². The van der Waals surface area contributed by atoms with Crippen LogP contribution in [0.3, 0.4) is 0 Å². The predicted molar refractivity (Wildman–Crippen MR) is 91.1 cm³/mol. The normalized spacial score (nSPS) is 17.1. The van der Waals surface area contributed by atoms with Crippen LogP contribution in [0.1, 0.15) is 28.9 Å². The Hall–Kier alpha value is -2.61. The van der Waals surface area contributed by atoms with E-state index in [0.29, 0.717) is 12.2 Å². The van der Waals surface area contributed by atoms with Crippen molar-refractivity contribution >= 4 is 17.3 Å². The quantitative estimate of drug-likeness (QED) is 0.842. The zero-order valence-corrected chi connectivity index (χ0v) is 13.8. The highest BCUT2D eigenvalue weighted by atomic mass is 19.4. The summed E-state index contributed by atoms with van der Waals surface area (Å²) in [4.78, 5) is 16.3. The van der Waals surface area contributed by atoms with Crippen molar-refractivity contribution in [3.8, 4) is 0 Å². The van der Waals surface area contributed by atoms with Gasteiger partial charge in [-0.1, -0.05) is 6.07 Å². The summed E-state index contributed by atoms with van der Waals surface area (Å²) < 4.78 is 43.8. The predicted octanol–water partition coefficient (Wildman–Crippen LogP) is 3.94. The largest absolute Gasteiger partial charge is 0.416 e. The molecule has 1 amide bonds. The minimum atomic E-state index is -4.47. The van der Waals surface area contributed by atoms with E-state index in [1.165, 1.54) is 18.3 Å². The van der Waals surface area contributed by atoms with Crippen molar-refractivity contribution in [2.24, 2.45) is 0 Å². The van der Waals surface area contributed by atoms with Crippen LogP contribution < -0.4 is 10.6 Å². The molecule has 1 aromatic carbocycles. The summed E-state index contributed by atoms with van der Waals surface area (Å²) >= 11 is 0. The van der Waals surface area contributed by atoms with Gasteiger partial charge < -0.3 is 15.4 Å². The van der Waals surface area contributed by atoms with Crippen LogP contribution in [0.15, 0.2) is 42.6 Å². The zero-order valence-electron chi connectivity index (χ0n) is 13.8. The van der Waals surface area contributed by atoms with E-state index < -0.39 is 17.6 Å². The Morgan fingerprint density at radius 2 is 2.08 bits per heavy atom. The topological polar surface area (TPSA) is 63.2 Å². The van der Waals surface area contributed by atoms with Crippen LogP contribution in [0.2, 0.25) is 0 Å². The highest BCUT2D eigenvalue weighted by Gasteiger charge is 2.30. The van der Waals surface area contributed by atoms with Crippen molar-refractivity contribution in [2.45, 2.75) is 25.1 Å². The molecule has 1 aliphatic heterocycles. The van der Waals surface area contributed by atoms with Crippen LogP contribution in [-0.2, 0) is 10.9 Å². The van der Waals surface area contributed by atoms with Gasteiger partial charge in [-0.05, 0) is 43.2 Å². The molecule has 2 N–H and O–H groups in total. The molecule has 1 saturated heterocycles. The van der Waals surface area contributed by atoms with Crippen molar-refractivity contribution in [1.82, 2.24) is 4.98 Å². The smallest absolute Gasteiger partial charge is 0.382 e. The molecule has 0 spiro atoms. The number of hydrogen-bond acceptors (Lipinski definition) is 4. The third kappa shape index (κ3) is 4.72. The Morgan fingerprint density at radius 1 is 1.23 bits per heavy atom. The van der Waals surface area contributed by atoms with Crippen LogP contribution in [0, 0.1) is 0 Å². The summed E-state index contributed by atoms with van der Waals surface area (Å²) in [5.41, 5.74) is 0.0454. The van der Waals surface area contributed by atoms with Gasteiger partial charge in [-0.25, -0.2) is 0 Å². The molecule has 1 atom stereocenters. The number of alkyl halides is 3. The van der Waals surface area contributed by atoms with Gasteiger partial charge in [0.2, 0.25) is 0 Å². The zero-order chi connectivity index (χ0) is 18.6. The number of pyridine rings is 1. The molecule has 2 heterocycles. The molecule has 2 aromatic rings. The first kappa shape index (κ1) is 18.2. The fraction of sp³-hybridized carbons (Fsp3) is 0.333. The molecular formula is C18H18F3N3O2. The molecule has 5 nitrogen and oxygen atoms in total. The molecule has 26 heavy (non-hydrogen) atoms. The molecule has 0 radical (unpaired) electrons. The molecule has 0 aliphatic carbocycles. The van der Waals surface area contributed by atoms with E-state index in [1.54, 1.807) is 12.1 Å². The van der Waals surface area contributed by atoms with Gasteiger partial charge in [-0.15, -0.1) is 0 Å². The Balaban J connectivity index is 1.65. The number of carbonyl (C=O) groups is 1. The summed E-state index contributed by atoms with van der Waals surface area (Å²) in [6.07, 6.45) is -0.830. The maximum Gasteiger partial charge on any atom is 0.416 e. The standard InChI is InChI=1S/C18H18F3N3O2/c19-18(20,21)12-3-1-4-14(9-12)24-17(25)16-10-13(6-7-22-16)23-11-15-5-2-8-26-15/h1,3-4,6-7,9-10,15H,2,5,8,11H2,(H,22,23)(H,24,25). The van der Waals surface area contributed by atoms with Gasteiger partial charge in [0, 0.05) is 30.7 Å². The van der Waals surface area contributed by atoms with E-state index in [1.807, 2.05) is 0 Å². The van der Waals surface area contributed by atoms with Crippen molar-refractivity contribution < 1.29 is 22.7 Å². The minimum absolute atomic E-state index is 0.0596. The van der Waals surface area contributed by atoms with E-state index in [4.69, 9.17) is 4.74 Å². The second-order valence-electron chi connectivity index (χ2n) is 5.98. The Morgan fingerprint density at radius 3 is 2.81 bits per heavy atom. The first-order valence-corrected chi connectivity index (χ1v) is 8.22. The van der Waals surface area contributed by atoms with Gasteiger partial charge >= 0.3 is 6.18 Å². The second-order valence-corrected chi connectivity index (χ2v) is 5.98. The molecule has 138 valence electrons. The van der Waals surface area contributed by atoms with Gasteiger partial charge in [0.15, 0.2) is 0 Å². The number of carbonyl (C=O) groups excluding carboxylic acids is 1. The molecule has 3 rings (SSSR count). The summed E-state index contributed by atoms with van der Waals surface area (Å²) in [5, 5.41) is 5.62. The molecule has 8 heteroatoms. The number of halogens is 3. The van der Waals surface area contributed by atoms with E-state index in [-0.39, 0.29) is 17.5 Å². The second kappa shape index (κ2) is 7.74. The summed E-state index contributed by atoms with van der Waals surface area (Å²) in [5.74, 6) is -0.579. The lowest BCUT2D eigenvalue weighted by molar-refractivity contribution is -0.137. The fourth-order valence-electron chi connectivity index (χ4n) is 2.67. The third-order valence-electron chi connectivity index (χ3n) is 4.00. The molecule has 0 saturated carbocycles. The lowest BCUT2D eigenvalue weighted by atomic mass is 10.2. The fourth-order valence-corrected chi connectivity index (χ4v) is 2.67. The Labute approximate surface area is 148 Å². The van der Waals surface area contributed by atoms with E-state index in [2.05, 4.69) is 15.6 Å². The number of anilines is 2. The Kier molecular flexibility index (Phi) is 5.41. The van der Waals surface area contributed by atoms with Gasteiger partial charge in [0.25, 0.3) is 5.91 Å². The van der Waals surface area contributed by atoms with Crippen molar-refractivity contribution in [3.63, 3.8) is 0 Å². The third-order valence-corrected chi connectivity index (χ3v) is 4.00. The number of benzene rings is 1. The number of amides is 1. The van der Waals surface area contributed by atoms with Crippen LogP contribution in [0.4, 0.5) is 24.5 Å². The Bertz CT molecular complexity index is 774. The van der Waals surface area contributed by atoms with E-state index in [0.717, 1.165) is 31.6 Å². The first-order valence-electron chi connectivity index (χ1n) is 8.22. The monoisotopic (exact) mass is 365 g/mol. The van der Waals surface area contributed by atoms with Crippen LogP contribution in [0.5, 0.6) is 0 Å². The number of aromatic nitrogens is 1. The lowest BCUT2D eigenvalue weighted by Crippen LogP contribution is -2.19. The van der Waals surface area contributed by atoms with E-state index in [9.17, 15) is 18.0 Å². The summed E-state index contributed by atoms with van der Waals surface area (Å²) in [6, 6.07) is 7.74.